The second-order valence-electron chi connectivity index (χ2n) is 5.69. The van der Waals surface area contributed by atoms with E-state index in [4.69, 9.17) is 0 Å². The van der Waals surface area contributed by atoms with Crippen LogP contribution in [0.3, 0.4) is 0 Å². The molecular formula is C18H17F2N3O2S. The van der Waals surface area contributed by atoms with Gasteiger partial charge in [0.15, 0.2) is 5.16 Å². The minimum absolute atomic E-state index is 0.0766. The highest BCUT2D eigenvalue weighted by Crippen LogP contribution is 2.28. The summed E-state index contributed by atoms with van der Waals surface area (Å²) in [7, 11) is 0. The van der Waals surface area contributed by atoms with E-state index in [2.05, 4.69) is 20.0 Å². The largest absolute Gasteiger partial charge is 0.433 e. The number of carbonyl (C=O) groups is 1. The SMILES string of the molecule is Cc1ccc2nc(SC(C)C(=O)Nc3ccccc3OC(F)F)[nH]c2c1. The van der Waals surface area contributed by atoms with Gasteiger partial charge in [-0.2, -0.15) is 8.78 Å². The number of aromatic amines is 1. The van der Waals surface area contributed by atoms with Gasteiger partial charge in [0, 0.05) is 0 Å². The van der Waals surface area contributed by atoms with E-state index < -0.39 is 11.9 Å². The van der Waals surface area contributed by atoms with Gasteiger partial charge in [-0.05, 0) is 43.7 Å². The molecule has 8 heteroatoms. The number of para-hydroxylation sites is 2. The maximum atomic E-state index is 12.5. The fraction of sp³-hybridized carbons (Fsp3) is 0.222. The number of anilines is 1. The van der Waals surface area contributed by atoms with E-state index >= 15 is 0 Å². The number of alkyl halides is 2. The topological polar surface area (TPSA) is 67.0 Å². The molecule has 136 valence electrons. The number of benzene rings is 2. The molecule has 1 atom stereocenters. The highest BCUT2D eigenvalue weighted by Gasteiger charge is 2.19. The monoisotopic (exact) mass is 377 g/mol. The van der Waals surface area contributed by atoms with Crippen LogP contribution in [0.25, 0.3) is 11.0 Å². The lowest BCUT2D eigenvalue weighted by molar-refractivity contribution is -0.115. The molecule has 0 saturated heterocycles. The van der Waals surface area contributed by atoms with Crippen molar-refractivity contribution in [3.05, 3.63) is 48.0 Å². The number of carbonyl (C=O) groups excluding carboxylic acids is 1. The number of fused-ring (bicyclic) bond motifs is 1. The first-order chi connectivity index (χ1) is 12.4. The second-order valence-corrected chi connectivity index (χ2v) is 7.02. The van der Waals surface area contributed by atoms with E-state index in [0.29, 0.717) is 5.16 Å². The molecule has 0 aliphatic heterocycles. The average Bonchev–Trinajstić information content (AvgIpc) is 2.97. The van der Waals surface area contributed by atoms with Crippen molar-refractivity contribution in [1.29, 1.82) is 0 Å². The van der Waals surface area contributed by atoms with Crippen molar-refractivity contribution < 1.29 is 18.3 Å². The first-order valence-corrected chi connectivity index (χ1v) is 8.78. The van der Waals surface area contributed by atoms with Gasteiger partial charge in [-0.3, -0.25) is 4.79 Å². The van der Waals surface area contributed by atoms with Gasteiger partial charge in [0.05, 0.1) is 22.0 Å². The molecule has 1 amide bonds. The molecule has 3 rings (SSSR count). The number of halogens is 2. The minimum atomic E-state index is -2.96. The van der Waals surface area contributed by atoms with Crippen LogP contribution < -0.4 is 10.1 Å². The number of nitrogens with one attached hydrogen (secondary N) is 2. The standard InChI is InChI=1S/C18H17F2N3O2S/c1-10-7-8-12-14(9-10)23-18(22-12)26-11(2)16(24)21-13-5-3-4-6-15(13)25-17(19)20/h3-9,11,17H,1-2H3,(H,21,24)(H,22,23). The normalized spacial score (nSPS) is 12.3. The van der Waals surface area contributed by atoms with Gasteiger partial charge >= 0.3 is 6.61 Å². The van der Waals surface area contributed by atoms with Crippen LogP contribution in [-0.2, 0) is 4.79 Å². The highest BCUT2D eigenvalue weighted by atomic mass is 32.2. The first kappa shape index (κ1) is 18.2. The van der Waals surface area contributed by atoms with Gasteiger partial charge in [-0.15, -0.1) is 0 Å². The summed E-state index contributed by atoms with van der Waals surface area (Å²) < 4.78 is 29.3. The van der Waals surface area contributed by atoms with E-state index in [-0.39, 0.29) is 17.3 Å². The molecule has 0 saturated carbocycles. The molecule has 0 bridgehead atoms. The third-order valence-electron chi connectivity index (χ3n) is 3.63. The van der Waals surface area contributed by atoms with Crippen LogP contribution in [0.2, 0.25) is 0 Å². The van der Waals surface area contributed by atoms with Gasteiger partial charge in [0.25, 0.3) is 0 Å². The second kappa shape index (κ2) is 7.74. The Morgan fingerprint density at radius 3 is 2.81 bits per heavy atom. The molecule has 2 N–H and O–H groups in total. The van der Waals surface area contributed by atoms with Gasteiger partial charge in [-0.25, -0.2) is 4.98 Å². The summed E-state index contributed by atoms with van der Waals surface area (Å²) in [5.41, 5.74) is 3.03. The van der Waals surface area contributed by atoms with Crippen molar-refractivity contribution in [2.75, 3.05) is 5.32 Å². The lowest BCUT2D eigenvalue weighted by Crippen LogP contribution is -2.23. The van der Waals surface area contributed by atoms with Crippen molar-refractivity contribution in [2.24, 2.45) is 0 Å². The van der Waals surface area contributed by atoms with E-state index in [0.717, 1.165) is 16.6 Å². The fourth-order valence-electron chi connectivity index (χ4n) is 2.38. The Kier molecular flexibility index (Phi) is 5.41. The Labute approximate surface area is 153 Å². The summed E-state index contributed by atoms with van der Waals surface area (Å²) in [6.45, 7) is 0.746. The summed E-state index contributed by atoms with van der Waals surface area (Å²) >= 11 is 1.25. The van der Waals surface area contributed by atoms with Gasteiger partial charge in [-0.1, -0.05) is 30.0 Å². The highest BCUT2D eigenvalue weighted by molar-refractivity contribution is 8.00. The number of nitrogens with zero attached hydrogens (tertiary/aromatic N) is 1. The van der Waals surface area contributed by atoms with Gasteiger partial charge in [0.2, 0.25) is 5.91 Å². The Balaban J connectivity index is 1.69. The Morgan fingerprint density at radius 1 is 1.27 bits per heavy atom. The molecule has 0 aliphatic carbocycles. The van der Waals surface area contributed by atoms with Crippen LogP contribution in [0.5, 0.6) is 5.75 Å². The van der Waals surface area contributed by atoms with E-state index in [1.165, 1.54) is 23.9 Å². The first-order valence-electron chi connectivity index (χ1n) is 7.90. The Morgan fingerprint density at radius 2 is 2.04 bits per heavy atom. The number of rotatable bonds is 6. The Bertz CT molecular complexity index is 930. The zero-order valence-electron chi connectivity index (χ0n) is 14.1. The molecule has 26 heavy (non-hydrogen) atoms. The van der Waals surface area contributed by atoms with Crippen molar-refractivity contribution in [3.63, 3.8) is 0 Å². The summed E-state index contributed by atoms with van der Waals surface area (Å²) in [6.07, 6.45) is 0. The number of H-pyrrole nitrogens is 1. The molecule has 5 nitrogen and oxygen atoms in total. The van der Waals surface area contributed by atoms with Crippen molar-refractivity contribution >= 4 is 34.4 Å². The van der Waals surface area contributed by atoms with Crippen LogP contribution in [0, 0.1) is 6.92 Å². The molecule has 1 aromatic heterocycles. The van der Waals surface area contributed by atoms with E-state index in [1.54, 1.807) is 19.1 Å². The maximum absolute atomic E-state index is 12.5. The maximum Gasteiger partial charge on any atom is 0.387 e. The third-order valence-corrected chi connectivity index (χ3v) is 4.62. The fourth-order valence-corrected chi connectivity index (χ4v) is 3.20. The van der Waals surface area contributed by atoms with Crippen LogP contribution in [-0.4, -0.2) is 27.7 Å². The number of hydrogen-bond donors (Lipinski definition) is 2. The summed E-state index contributed by atoms with van der Waals surface area (Å²) in [4.78, 5) is 20.0. The van der Waals surface area contributed by atoms with Crippen LogP contribution in [0.1, 0.15) is 12.5 Å². The molecule has 0 spiro atoms. The van der Waals surface area contributed by atoms with Crippen molar-refractivity contribution in [1.82, 2.24) is 9.97 Å². The molecule has 0 aliphatic rings. The lowest BCUT2D eigenvalue weighted by Gasteiger charge is -2.14. The number of thioether (sulfide) groups is 1. The quantitative estimate of drug-likeness (QED) is 0.617. The van der Waals surface area contributed by atoms with E-state index in [1.807, 2.05) is 25.1 Å². The van der Waals surface area contributed by atoms with Crippen molar-refractivity contribution in [3.8, 4) is 5.75 Å². The summed E-state index contributed by atoms with van der Waals surface area (Å²) in [6, 6.07) is 11.9. The predicted octanol–water partition coefficient (Wildman–Crippen LogP) is 4.59. The number of amides is 1. The average molecular weight is 377 g/mol. The van der Waals surface area contributed by atoms with E-state index in [9.17, 15) is 13.6 Å². The molecule has 1 unspecified atom stereocenters. The molecular weight excluding hydrogens is 360 g/mol. The lowest BCUT2D eigenvalue weighted by atomic mass is 10.2. The molecule has 0 fully saturated rings. The van der Waals surface area contributed by atoms with Crippen LogP contribution >= 0.6 is 11.8 Å². The third kappa shape index (κ3) is 4.32. The number of hydrogen-bond acceptors (Lipinski definition) is 4. The minimum Gasteiger partial charge on any atom is -0.433 e. The van der Waals surface area contributed by atoms with Crippen LogP contribution in [0.4, 0.5) is 14.5 Å². The van der Waals surface area contributed by atoms with Gasteiger partial charge in [0.1, 0.15) is 5.75 Å². The Hall–Kier alpha value is -2.61. The number of aryl methyl sites for hydroxylation is 1. The van der Waals surface area contributed by atoms with Gasteiger partial charge < -0.3 is 15.0 Å². The predicted molar refractivity (Wildman–Crippen MR) is 97.9 cm³/mol. The number of aromatic nitrogens is 2. The zero-order valence-corrected chi connectivity index (χ0v) is 14.9. The number of ether oxygens (including phenoxy) is 1. The van der Waals surface area contributed by atoms with Crippen LogP contribution in [0.15, 0.2) is 47.6 Å². The molecule has 1 heterocycles. The molecule has 3 aromatic rings. The molecule has 0 radical (unpaired) electrons. The van der Waals surface area contributed by atoms with Crippen molar-refractivity contribution in [2.45, 2.75) is 30.9 Å². The summed E-state index contributed by atoms with van der Waals surface area (Å²) in [5.74, 6) is -0.413. The zero-order chi connectivity index (χ0) is 18.7. The smallest absolute Gasteiger partial charge is 0.387 e. The summed E-state index contributed by atoms with van der Waals surface area (Å²) in [5, 5.41) is 2.75. The molecule has 2 aromatic carbocycles. The number of imidazole rings is 1.